The lowest BCUT2D eigenvalue weighted by atomic mass is 9.93. The molecule has 3 atom stereocenters. The lowest BCUT2D eigenvalue weighted by Gasteiger charge is -2.31. The maximum absolute atomic E-state index is 11.4. The number of benzene rings is 4. The number of hydrogen-bond acceptors (Lipinski definition) is 9. The number of aromatic amines is 1. The molecule has 10 heteroatoms. The quantitative estimate of drug-likeness (QED) is 0.0894. The average Bonchev–Trinajstić information content (AvgIpc) is 3.63. The van der Waals surface area contributed by atoms with Gasteiger partial charge in [0, 0.05) is 29.7 Å². The third kappa shape index (κ3) is 7.90. The molecule has 10 nitrogen and oxygen atoms in total. The van der Waals surface area contributed by atoms with Crippen molar-refractivity contribution in [1.29, 1.82) is 0 Å². The van der Waals surface area contributed by atoms with Gasteiger partial charge < -0.3 is 19.8 Å². The summed E-state index contributed by atoms with van der Waals surface area (Å²) in [6.07, 6.45) is 5.01. The minimum absolute atomic E-state index is 0.0369. The van der Waals surface area contributed by atoms with Crippen LogP contribution in [0.3, 0.4) is 0 Å². The molecule has 0 spiro atoms. The van der Waals surface area contributed by atoms with E-state index >= 15 is 0 Å². The minimum atomic E-state index is -0.883. The van der Waals surface area contributed by atoms with Gasteiger partial charge in [0.25, 0.3) is 0 Å². The van der Waals surface area contributed by atoms with Crippen LogP contribution in [0.25, 0.3) is 28.4 Å². The molecule has 0 fully saturated rings. The molecule has 1 aliphatic rings. The zero-order valence-electron chi connectivity index (χ0n) is 27.9. The van der Waals surface area contributed by atoms with Gasteiger partial charge in [-0.3, -0.25) is 15.7 Å². The highest BCUT2D eigenvalue weighted by Gasteiger charge is 2.26. The van der Waals surface area contributed by atoms with E-state index < -0.39 is 12.5 Å². The van der Waals surface area contributed by atoms with Crippen molar-refractivity contribution in [2.45, 2.75) is 38.9 Å². The molecule has 0 radical (unpaired) electrons. The van der Waals surface area contributed by atoms with E-state index in [2.05, 4.69) is 50.9 Å². The number of nitrogens with zero attached hydrogens (tertiary/aromatic N) is 4. The number of para-hydroxylation sites is 1. The Hall–Kier alpha value is -5.39. The van der Waals surface area contributed by atoms with Gasteiger partial charge in [-0.25, -0.2) is 9.97 Å². The Labute approximate surface area is 291 Å². The van der Waals surface area contributed by atoms with Gasteiger partial charge >= 0.3 is 0 Å². The van der Waals surface area contributed by atoms with Gasteiger partial charge in [-0.05, 0) is 59.9 Å². The molecule has 0 amide bonds. The zero-order valence-corrected chi connectivity index (χ0v) is 27.9. The smallest absolute Gasteiger partial charge is 0.165 e. The van der Waals surface area contributed by atoms with Gasteiger partial charge in [-0.1, -0.05) is 85.8 Å². The molecule has 1 aliphatic carbocycles. The number of nitrogens with one attached hydrogen (secondary N) is 3. The van der Waals surface area contributed by atoms with Crippen LogP contribution in [-0.2, 0) is 19.5 Å². The molecule has 50 heavy (non-hydrogen) atoms. The second-order valence-electron chi connectivity index (χ2n) is 12.6. The first-order chi connectivity index (χ1) is 24.5. The van der Waals surface area contributed by atoms with Gasteiger partial charge in [-0.2, -0.15) is 5.10 Å². The number of fused-ring (bicyclic) bond motifs is 2. The van der Waals surface area contributed by atoms with Gasteiger partial charge in [0.2, 0.25) is 0 Å². The van der Waals surface area contributed by atoms with Crippen molar-refractivity contribution in [2.75, 3.05) is 18.1 Å². The number of rotatable bonds is 14. The number of aliphatic hydroxyl groups excluding tert-OH is 2. The number of hydrogen-bond donors (Lipinski definition) is 5. The molecule has 4 aromatic carbocycles. The zero-order chi connectivity index (χ0) is 34.3. The van der Waals surface area contributed by atoms with E-state index in [1.165, 1.54) is 0 Å². The molecular weight excluding hydrogens is 626 g/mol. The molecule has 0 bridgehead atoms. The van der Waals surface area contributed by atoms with E-state index in [0.717, 1.165) is 45.4 Å². The Morgan fingerprint density at radius 2 is 1.56 bits per heavy atom. The molecular formula is C40H41N7O3. The molecule has 5 N–H and O–H groups in total. The highest BCUT2D eigenvalue weighted by Crippen LogP contribution is 2.37. The standard InChI is InChI=1S/C40H41N7O3/c1-27-16-18-35-33(20-27)40(45-39(44-35)32-14-8-9-15-36(32)50-26-38(49)42-23-29-12-6-3-7-13-29)47(31-17-19-34-30(21-31)24-43-46-34)25-37(48)41-22-28-10-4-2-5-11-28/h2-19,21,24,27,37-38,41-42,48-49H,20,22-23,25-26H2,1H3,(H,43,46). The molecule has 3 unspecified atom stereocenters. The molecule has 7 rings (SSSR count). The third-order valence-electron chi connectivity index (χ3n) is 8.77. The van der Waals surface area contributed by atoms with Crippen LogP contribution in [0.4, 0.5) is 11.5 Å². The lowest BCUT2D eigenvalue weighted by Crippen LogP contribution is -2.39. The average molecular weight is 668 g/mol. The predicted octanol–water partition coefficient (Wildman–Crippen LogP) is 5.96. The fraction of sp³-hybridized carbons (Fsp3) is 0.225. The summed E-state index contributed by atoms with van der Waals surface area (Å²) < 4.78 is 6.18. The van der Waals surface area contributed by atoms with E-state index in [4.69, 9.17) is 14.7 Å². The van der Waals surface area contributed by atoms with Crippen LogP contribution in [0.2, 0.25) is 0 Å². The van der Waals surface area contributed by atoms with Crippen LogP contribution in [0.5, 0.6) is 5.75 Å². The molecule has 0 saturated carbocycles. The van der Waals surface area contributed by atoms with Crippen LogP contribution in [0.1, 0.15) is 29.3 Å². The monoisotopic (exact) mass is 667 g/mol. The molecule has 6 aromatic rings. The van der Waals surface area contributed by atoms with E-state index in [-0.39, 0.29) is 19.1 Å². The van der Waals surface area contributed by atoms with Crippen molar-refractivity contribution in [3.05, 3.63) is 138 Å². The SMILES string of the molecule is CC1C=Cc2nc(-c3ccccc3OCC(O)NCc3ccccc3)nc(N(CC(O)NCc3ccccc3)c3ccc4[nH]ncc4c3)c2C1. The fourth-order valence-electron chi connectivity index (χ4n) is 6.13. The molecule has 2 heterocycles. The van der Waals surface area contributed by atoms with Crippen molar-refractivity contribution in [3.63, 3.8) is 0 Å². The number of allylic oxidation sites excluding steroid dienone is 1. The van der Waals surface area contributed by atoms with Gasteiger partial charge in [0.1, 0.15) is 30.6 Å². The summed E-state index contributed by atoms with van der Waals surface area (Å²) in [7, 11) is 0. The molecule has 0 saturated heterocycles. The number of anilines is 2. The number of ether oxygens (including phenoxy) is 1. The Kier molecular flexibility index (Phi) is 10.2. The van der Waals surface area contributed by atoms with E-state index in [0.29, 0.717) is 36.0 Å². The van der Waals surface area contributed by atoms with Crippen molar-refractivity contribution in [3.8, 4) is 17.1 Å². The van der Waals surface area contributed by atoms with Crippen LogP contribution in [0.15, 0.2) is 115 Å². The Morgan fingerprint density at radius 1 is 0.860 bits per heavy atom. The number of aromatic nitrogens is 4. The Balaban J connectivity index is 1.22. The van der Waals surface area contributed by atoms with E-state index in [9.17, 15) is 10.2 Å². The van der Waals surface area contributed by atoms with Crippen LogP contribution < -0.4 is 20.3 Å². The van der Waals surface area contributed by atoms with Crippen molar-refractivity contribution >= 4 is 28.5 Å². The van der Waals surface area contributed by atoms with Crippen LogP contribution in [0, 0.1) is 5.92 Å². The number of aliphatic hydroxyl groups is 2. The number of H-pyrrole nitrogens is 1. The second-order valence-corrected chi connectivity index (χ2v) is 12.6. The first-order valence-electron chi connectivity index (χ1n) is 16.9. The van der Waals surface area contributed by atoms with Crippen molar-refractivity contribution in [2.24, 2.45) is 5.92 Å². The summed E-state index contributed by atoms with van der Waals surface area (Å²) in [5.74, 6) is 2.05. The fourth-order valence-corrected chi connectivity index (χ4v) is 6.13. The van der Waals surface area contributed by atoms with Crippen LogP contribution >= 0.6 is 0 Å². The summed E-state index contributed by atoms with van der Waals surface area (Å²) >= 11 is 0. The van der Waals surface area contributed by atoms with Crippen molar-refractivity contribution < 1.29 is 14.9 Å². The molecule has 0 aliphatic heterocycles. The Bertz CT molecular complexity index is 2050. The minimum Gasteiger partial charge on any atom is -0.489 e. The highest BCUT2D eigenvalue weighted by molar-refractivity contribution is 5.84. The van der Waals surface area contributed by atoms with Crippen LogP contribution in [-0.4, -0.2) is 56.0 Å². The van der Waals surface area contributed by atoms with E-state index in [1.807, 2.05) is 97.1 Å². The maximum atomic E-state index is 11.4. The summed E-state index contributed by atoms with van der Waals surface area (Å²) in [5, 5.41) is 36.7. The topological polar surface area (TPSA) is 131 Å². The summed E-state index contributed by atoms with van der Waals surface area (Å²) in [6.45, 7) is 3.47. The lowest BCUT2D eigenvalue weighted by molar-refractivity contribution is 0.0776. The summed E-state index contributed by atoms with van der Waals surface area (Å²) in [5.41, 5.74) is 6.47. The Morgan fingerprint density at radius 3 is 2.32 bits per heavy atom. The first kappa shape index (κ1) is 33.1. The third-order valence-corrected chi connectivity index (χ3v) is 8.77. The van der Waals surface area contributed by atoms with E-state index in [1.54, 1.807) is 6.20 Å². The van der Waals surface area contributed by atoms with Gasteiger partial charge in [0.05, 0.1) is 29.5 Å². The highest BCUT2D eigenvalue weighted by atomic mass is 16.5. The second kappa shape index (κ2) is 15.4. The summed E-state index contributed by atoms with van der Waals surface area (Å²) in [6, 6.07) is 33.6. The normalized spacial score (nSPS) is 15.1. The first-order valence-corrected chi connectivity index (χ1v) is 16.9. The summed E-state index contributed by atoms with van der Waals surface area (Å²) in [4.78, 5) is 12.3. The predicted molar refractivity (Wildman–Crippen MR) is 197 cm³/mol. The molecule has 2 aromatic heterocycles. The van der Waals surface area contributed by atoms with Crippen molar-refractivity contribution in [1.82, 2.24) is 30.8 Å². The van der Waals surface area contributed by atoms with Gasteiger partial charge in [-0.15, -0.1) is 0 Å². The maximum Gasteiger partial charge on any atom is 0.165 e. The molecule has 254 valence electrons. The largest absolute Gasteiger partial charge is 0.489 e. The van der Waals surface area contributed by atoms with Gasteiger partial charge in [0.15, 0.2) is 5.82 Å².